The minimum atomic E-state index is -4.81. The van der Waals surface area contributed by atoms with Gasteiger partial charge in [-0.05, 0) is 55.0 Å². The van der Waals surface area contributed by atoms with E-state index >= 15 is 0 Å². The number of hydrogen-bond donors (Lipinski definition) is 2. The van der Waals surface area contributed by atoms with Crippen LogP contribution in [0, 0.1) is 6.92 Å². The summed E-state index contributed by atoms with van der Waals surface area (Å²) in [6.07, 6.45) is -5.00. The molecule has 0 aliphatic heterocycles. The van der Waals surface area contributed by atoms with E-state index in [-0.39, 0.29) is 24.0 Å². The Morgan fingerprint density at radius 1 is 1.18 bits per heavy atom. The lowest BCUT2D eigenvalue weighted by Crippen LogP contribution is -2.33. The van der Waals surface area contributed by atoms with Gasteiger partial charge in [0.05, 0.1) is 6.42 Å². The third-order valence-electron chi connectivity index (χ3n) is 4.48. The zero-order valence-corrected chi connectivity index (χ0v) is 18.1. The number of rotatable bonds is 7. The SMILES string of the molecule is CNC(=O)C[C@H](NC(=O)c1ccc(Cl)c(C)c1)c1nc(-c2ccc(OC(F)(F)F)cc2)no1. The molecule has 0 aliphatic rings. The second kappa shape index (κ2) is 9.90. The van der Waals surface area contributed by atoms with E-state index in [4.69, 9.17) is 16.1 Å². The Labute approximate surface area is 191 Å². The van der Waals surface area contributed by atoms with Gasteiger partial charge in [0.15, 0.2) is 0 Å². The largest absolute Gasteiger partial charge is 0.573 e. The third kappa shape index (κ3) is 6.45. The van der Waals surface area contributed by atoms with Crippen LogP contribution in [0.3, 0.4) is 0 Å². The number of alkyl halides is 3. The van der Waals surface area contributed by atoms with Crippen molar-refractivity contribution in [3.63, 3.8) is 0 Å². The van der Waals surface area contributed by atoms with Crippen LogP contribution < -0.4 is 15.4 Å². The molecule has 0 saturated heterocycles. The molecule has 8 nitrogen and oxygen atoms in total. The highest BCUT2D eigenvalue weighted by Gasteiger charge is 2.31. The standard InChI is InChI=1S/C21H18ClF3N4O4/c1-11-9-13(5-8-15(11)22)19(31)27-16(10-17(30)26-2)20-28-18(29-33-20)12-3-6-14(7-4-12)32-21(23,24)25/h3-9,16H,10H2,1-2H3,(H,26,30)(H,27,31)/t16-/m0/s1. The van der Waals surface area contributed by atoms with Crippen LogP contribution in [-0.4, -0.2) is 35.4 Å². The van der Waals surface area contributed by atoms with Crippen LogP contribution in [0.1, 0.15) is 34.3 Å². The lowest BCUT2D eigenvalue weighted by molar-refractivity contribution is -0.274. The fraction of sp³-hybridized carbons (Fsp3) is 0.238. The minimum absolute atomic E-state index is 0.0525. The molecule has 0 saturated carbocycles. The molecule has 3 aromatic rings. The molecule has 174 valence electrons. The van der Waals surface area contributed by atoms with Gasteiger partial charge in [-0.25, -0.2) is 0 Å². The first kappa shape index (κ1) is 24.1. The average Bonchev–Trinajstić information content (AvgIpc) is 3.24. The van der Waals surface area contributed by atoms with Crippen molar-refractivity contribution in [3.05, 3.63) is 64.5 Å². The van der Waals surface area contributed by atoms with Gasteiger partial charge in [0, 0.05) is 23.2 Å². The fourth-order valence-corrected chi connectivity index (χ4v) is 2.93. The van der Waals surface area contributed by atoms with E-state index in [9.17, 15) is 22.8 Å². The van der Waals surface area contributed by atoms with Gasteiger partial charge in [-0.15, -0.1) is 13.2 Å². The average molecular weight is 483 g/mol. The van der Waals surface area contributed by atoms with Crippen molar-refractivity contribution in [2.24, 2.45) is 0 Å². The van der Waals surface area contributed by atoms with Crippen LogP contribution >= 0.6 is 11.6 Å². The highest BCUT2D eigenvalue weighted by Crippen LogP contribution is 2.26. The molecule has 1 aromatic heterocycles. The summed E-state index contributed by atoms with van der Waals surface area (Å²) in [5.41, 5.74) is 1.36. The summed E-state index contributed by atoms with van der Waals surface area (Å²) >= 11 is 6.00. The van der Waals surface area contributed by atoms with E-state index < -0.39 is 24.1 Å². The van der Waals surface area contributed by atoms with Crippen LogP contribution in [0.4, 0.5) is 13.2 Å². The predicted octanol–water partition coefficient (Wildman–Crippen LogP) is 4.20. The van der Waals surface area contributed by atoms with Crippen LogP contribution in [-0.2, 0) is 4.79 Å². The molecule has 2 aromatic carbocycles. The molecule has 2 amide bonds. The molecule has 0 spiro atoms. The zero-order chi connectivity index (χ0) is 24.2. The highest BCUT2D eigenvalue weighted by molar-refractivity contribution is 6.31. The second-order valence-electron chi connectivity index (χ2n) is 6.90. The smallest absolute Gasteiger partial charge is 0.406 e. The van der Waals surface area contributed by atoms with Crippen molar-refractivity contribution in [2.45, 2.75) is 25.7 Å². The van der Waals surface area contributed by atoms with E-state index in [0.29, 0.717) is 21.7 Å². The summed E-state index contributed by atoms with van der Waals surface area (Å²) < 4.78 is 46.0. The fourth-order valence-electron chi connectivity index (χ4n) is 2.81. The van der Waals surface area contributed by atoms with Crippen molar-refractivity contribution in [3.8, 4) is 17.1 Å². The summed E-state index contributed by atoms with van der Waals surface area (Å²) in [5, 5.41) is 9.43. The Kier molecular flexibility index (Phi) is 7.22. The third-order valence-corrected chi connectivity index (χ3v) is 4.90. The first-order valence-corrected chi connectivity index (χ1v) is 9.91. The molecule has 0 unspecified atom stereocenters. The van der Waals surface area contributed by atoms with Gasteiger partial charge < -0.3 is 19.9 Å². The summed E-state index contributed by atoms with van der Waals surface area (Å²) in [4.78, 5) is 28.9. The van der Waals surface area contributed by atoms with E-state index in [1.54, 1.807) is 19.1 Å². The number of benzene rings is 2. The minimum Gasteiger partial charge on any atom is -0.406 e. The van der Waals surface area contributed by atoms with Crippen molar-refractivity contribution < 1.29 is 32.0 Å². The molecule has 3 rings (SSSR count). The zero-order valence-electron chi connectivity index (χ0n) is 17.4. The van der Waals surface area contributed by atoms with Crippen LogP contribution in [0.15, 0.2) is 47.0 Å². The van der Waals surface area contributed by atoms with E-state index in [1.165, 1.54) is 25.2 Å². The van der Waals surface area contributed by atoms with Crippen molar-refractivity contribution in [1.82, 2.24) is 20.8 Å². The lowest BCUT2D eigenvalue weighted by Gasteiger charge is -2.14. The number of nitrogens with one attached hydrogen (secondary N) is 2. The van der Waals surface area contributed by atoms with Crippen molar-refractivity contribution >= 4 is 23.4 Å². The summed E-state index contributed by atoms with van der Waals surface area (Å²) in [5.74, 6) is -1.28. The molecule has 1 heterocycles. The molecule has 2 N–H and O–H groups in total. The molecule has 12 heteroatoms. The number of carbonyl (C=O) groups excluding carboxylic acids is 2. The summed E-state index contributed by atoms with van der Waals surface area (Å²) in [6.45, 7) is 1.75. The number of nitrogens with zero attached hydrogens (tertiary/aromatic N) is 2. The first-order chi connectivity index (χ1) is 15.6. The van der Waals surface area contributed by atoms with E-state index in [0.717, 1.165) is 12.1 Å². The molecular weight excluding hydrogens is 465 g/mol. The highest BCUT2D eigenvalue weighted by atomic mass is 35.5. The van der Waals surface area contributed by atoms with Gasteiger partial charge in [-0.2, -0.15) is 4.98 Å². The van der Waals surface area contributed by atoms with Crippen LogP contribution in [0.25, 0.3) is 11.4 Å². The van der Waals surface area contributed by atoms with E-state index in [1.807, 2.05) is 0 Å². The van der Waals surface area contributed by atoms with Gasteiger partial charge in [0.2, 0.25) is 17.6 Å². The van der Waals surface area contributed by atoms with Gasteiger partial charge in [0.25, 0.3) is 5.91 Å². The second-order valence-corrected chi connectivity index (χ2v) is 7.30. The first-order valence-electron chi connectivity index (χ1n) is 9.53. The number of aromatic nitrogens is 2. The maximum atomic E-state index is 12.7. The number of amides is 2. The monoisotopic (exact) mass is 482 g/mol. The van der Waals surface area contributed by atoms with Gasteiger partial charge >= 0.3 is 6.36 Å². The molecule has 33 heavy (non-hydrogen) atoms. The number of aryl methyl sites for hydroxylation is 1. The molecular formula is C21H18ClF3N4O4. The Hall–Kier alpha value is -3.60. The number of hydrogen-bond acceptors (Lipinski definition) is 6. The van der Waals surface area contributed by atoms with Gasteiger partial charge in [0.1, 0.15) is 11.8 Å². The van der Waals surface area contributed by atoms with Crippen LogP contribution in [0.5, 0.6) is 5.75 Å². The van der Waals surface area contributed by atoms with Crippen molar-refractivity contribution in [2.75, 3.05) is 7.05 Å². The molecule has 1 atom stereocenters. The Morgan fingerprint density at radius 2 is 1.88 bits per heavy atom. The molecule has 0 radical (unpaired) electrons. The lowest BCUT2D eigenvalue weighted by atomic mass is 10.1. The molecule has 0 bridgehead atoms. The van der Waals surface area contributed by atoms with Gasteiger partial charge in [-0.1, -0.05) is 16.8 Å². The van der Waals surface area contributed by atoms with E-state index in [2.05, 4.69) is 25.5 Å². The Balaban J connectivity index is 1.81. The number of carbonyl (C=O) groups is 2. The number of ether oxygens (including phenoxy) is 1. The molecule has 0 fully saturated rings. The quantitative estimate of drug-likeness (QED) is 0.522. The summed E-state index contributed by atoms with van der Waals surface area (Å²) in [7, 11) is 1.44. The molecule has 0 aliphatic carbocycles. The van der Waals surface area contributed by atoms with Crippen LogP contribution in [0.2, 0.25) is 5.02 Å². The maximum absolute atomic E-state index is 12.7. The summed E-state index contributed by atoms with van der Waals surface area (Å²) in [6, 6.07) is 8.59. The Morgan fingerprint density at radius 3 is 2.48 bits per heavy atom. The predicted molar refractivity (Wildman–Crippen MR) is 111 cm³/mol. The normalized spacial score (nSPS) is 12.2. The topological polar surface area (TPSA) is 106 Å². The van der Waals surface area contributed by atoms with Gasteiger partial charge in [-0.3, -0.25) is 9.59 Å². The number of halogens is 4. The Bertz CT molecular complexity index is 1150. The maximum Gasteiger partial charge on any atom is 0.573 e. The van der Waals surface area contributed by atoms with Crippen molar-refractivity contribution in [1.29, 1.82) is 0 Å².